The van der Waals surface area contributed by atoms with Gasteiger partial charge in [0, 0.05) is 25.2 Å². The molecule has 0 saturated carbocycles. The average molecular weight is 310 g/mol. The number of aryl methyl sites for hydroxylation is 1. The summed E-state index contributed by atoms with van der Waals surface area (Å²) in [6.45, 7) is 8.66. The first kappa shape index (κ1) is 16.0. The molecule has 0 amide bonds. The molecule has 3 nitrogen and oxygen atoms in total. The Bertz CT molecular complexity index is 670. The molecule has 0 bridgehead atoms. The molecule has 0 aliphatic carbocycles. The van der Waals surface area contributed by atoms with Crippen LogP contribution in [0.25, 0.3) is 0 Å². The SMILES string of the molecule is Cc1ccccc1C(c1cccc(O)c1)N1C[C@@H](C)NC[C@@H]1C. The van der Waals surface area contributed by atoms with E-state index in [0.717, 1.165) is 18.7 Å². The van der Waals surface area contributed by atoms with Crippen molar-refractivity contribution < 1.29 is 5.11 Å². The fraction of sp³-hybridized carbons (Fsp3) is 0.400. The van der Waals surface area contributed by atoms with Crippen molar-refractivity contribution in [2.45, 2.75) is 38.9 Å². The molecule has 1 heterocycles. The number of nitrogens with zero attached hydrogens (tertiary/aromatic N) is 1. The predicted octanol–water partition coefficient (Wildman–Crippen LogP) is 3.47. The maximum Gasteiger partial charge on any atom is 0.115 e. The van der Waals surface area contributed by atoms with Gasteiger partial charge in [-0.05, 0) is 49.6 Å². The largest absolute Gasteiger partial charge is 0.508 e. The summed E-state index contributed by atoms with van der Waals surface area (Å²) in [5.74, 6) is 0.330. The molecule has 23 heavy (non-hydrogen) atoms. The highest BCUT2D eigenvalue weighted by Gasteiger charge is 2.31. The molecule has 2 N–H and O–H groups in total. The van der Waals surface area contributed by atoms with Crippen molar-refractivity contribution in [2.24, 2.45) is 0 Å². The topological polar surface area (TPSA) is 35.5 Å². The summed E-state index contributed by atoms with van der Waals surface area (Å²) in [7, 11) is 0. The third kappa shape index (κ3) is 3.41. The number of phenols is 1. The van der Waals surface area contributed by atoms with Gasteiger partial charge in [-0.25, -0.2) is 0 Å². The lowest BCUT2D eigenvalue weighted by Gasteiger charge is -2.43. The van der Waals surface area contributed by atoms with Crippen LogP contribution < -0.4 is 5.32 Å². The van der Waals surface area contributed by atoms with Crippen molar-refractivity contribution in [1.29, 1.82) is 0 Å². The molecule has 0 aromatic heterocycles. The summed E-state index contributed by atoms with van der Waals surface area (Å²) in [6.07, 6.45) is 0. The number of rotatable bonds is 3. The molecule has 1 aliphatic rings. The number of benzene rings is 2. The number of aromatic hydroxyl groups is 1. The first-order valence-electron chi connectivity index (χ1n) is 8.40. The van der Waals surface area contributed by atoms with Gasteiger partial charge in [0.2, 0.25) is 0 Å². The maximum atomic E-state index is 9.96. The lowest BCUT2D eigenvalue weighted by atomic mass is 9.91. The summed E-state index contributed by atoms with van der Waals surface area (Å²) in [4.78, 5) is 2.55. The molecule has 122 valence electrons. The van der Waals surface area contributed by atoms with Crippen LogP contribution in [0.3, 0.4) is 0 Å². The van der Waals surface area contributed by atoms with Crippen molar-refractivity contribution in [2.75, 3.05) is 13.1 Å². The van der Waals surface area contributed by atoms with E-state index >= 15 is 0 Å². The Morgan fingerprint density at radius 3 is 2.65 bits per heavy atom. The predicted molar refractivity (Wildman–Crippen MR) is 94.8 cm³/mol. The summed E-state index contributed by atoms with van der Waals surface area (Å²) in [5.41, 5.74) is 3.76. The molecule has 0 radical (unpaired) electrons. The lowest BCUT2D eigenvalue weighted by Crippen LogP contribution is -2.55. The van der Waals surface area contributed by atoms with E-state index in [1.54, 1.807) is 6.07 Å². The Morgan fingerprint density at radius 2 is 1.91 bits per heavy atom. The standard InChI is InChI=1S/C20H26N2O/c1-14-7-4-5-10-19(14)20(17-8-6-9-18(23)11-17)22-13-15(2)21-12-16(22)3/h4-11,15-16,20-21,23H,12-13H2,1-3H3/t15-,16+,20?/m1/s1. The zero-order chi connectivity index (χ0) is 16.4. The van der Waals surface area contributed by atoms with E-state index in [4.69, 9.17) is 0 Å². The fourth-order valence-electron chi connectivity index (χ4n) is 3.55. The van der Waals surface area contributed by atoms with Gasteiger partial charge in [-0.15, -0.1) is 0 Å². The van der Waals surface area contributed by atoms with E-state index in [0.29, 0.717) is 17.8 Å². The normalized spacial score (nSPS) is 23.6. The minimum Gasteiger partial charge on any atom is -0.508 e. The highest BCUT2D eigenvalue weighted by molar-refractivity contribution is 5.40. The Morgan fingerprint density at radius 1 is 1.13 bits per heavy atom. The molecule has 1 unspecified atom stereocenters. The molecular formula is C20H26N2O. The van der Waals surface area contributed by atoms with Crippen LogP contribution in [0.4, 0.5) is 0 Å². The van der Waals surface area contributed by atoms with Gasteiger partial charge in [-0.2, -0.15) is 0 Å². The van der Waals surface area contributed by atoms with Gasteiger partial charge >= 0.3 is 0 Å². The van der Waals surface area contributed by atoms with E-state index in [9.17, 15) is 5.11 Å². The first-order chi connectivity index (χ1) is 11.1. The summed E-state index contributed by atoms with van der Waals surface area (Å²) < 4.78 is 0. The molecule has 2 aromatic rings. The van der Waals surface area contributed by atoms with Crippen LogP contribution >= 0.6 is 0 Å². The summed E-state index contributed by atoms with van der Waals surface area (Å²) in [5, 5.41) is 13.5. The van der Waals surface area contributed by atoms with E-state index < -0.39 is 0 Å². The molecule has 1 saturated heterocycles. The molecule has 3 rings (SSSR count). The summed E-state index contributed by atoms with van der Waals surface area (Å²) in [6, 6.07) is 17.3. The third-order valence-corrected chi connectivity index (χ3v) is 4.81. The second-order valence-electron chi connectivity index (χ2n) is 6.71. The van der Waals surface area contributed by atoms with E-state index in [1.165, 1.54) is 11.1 Å². The fourth-order valence-corrected chi connectivity index (χ4v) is 3.55. The van der Waals surface area contributed by atoms with Crippen molar-refractivity contribution in [3.8, 4) is 5.75 Å². The van der Waals surface area contributed by atoms with Crippen LogP contribution in [-0.2, 0) is 0 Å². The summed E-state index contributed by atoms with van der Waals surface area (Å²) >= 11 is 0. The second-order valence-corrected chi connectivity index (χ2v) is 6.71. The number of nitrogens with one attached hydrogen (secondary N) is 1. The molecule has 0 spiro atoms. The Kier molecular flexibility index (Phi) is 4.69. The van der Waals surface area contributed by atoms with Crippen LogP contribution in [-0.4, -0.2) is 35.2 Å². The van der Waals surface area contributed by atoms with Crippen LogP contribution in [0, 0.1) is 6.92 Å². The van der Waals surface area contributed by atoms with Crippen LogP contribution in [0.2, 0.25) is 0 Å². The number of piperazine rings is 1. The Hall–Kier alpha value is -1.84. The van der Waals surface area contributed by atoms with Gasteiger partial charge in [-0.1, -0.05) is 36.4 Å². The lowest BCUT2D eigenvalue weighted by molar-refractivity contribution is 0.113. The molecule has 1 aliphatic heterocycles. The molecule has 3 heteroatoms. The number of phenolic OH excluding ortho intramolecular Hbond substituents is 1. The number of hydrogen-bond donors (Lipinski definition) is 2. The van der Waals surface area contributed by atoms with Gasteiger partial charge in [0.05, 0.1) is 6.04 Å². The van der Waals surface area contributed by atoms with E-state index in [-0.39, 0.29) is 6.04 Å². The van der Waals surface area contributed by atoms with Crippen molar-refractivity contribution in [3.63, 3.8) is 0 Å². The quantitative estimate of drug-likeness (QED) is 0.911. The molecule has 1 fully saturated rings. The van der Waals surface area contributed by atoms with Gasteiger partial charge in [0.25, 0.3) is 0 Å². The van der Waals surface area contributed by atoms with Crippen molar-refractivity contribution in [1.82, 2.24) is 10.2 Å². The highest BCUT2D eigenvalue weighted by atomic mass is 16.3. The zero-order valence-electron chi connectivity index (χ0n) is 14.2. The average Bonchev–Trinajstić information content (AvgIpc) is 2.53. The van der Waals surface area contributed by atoms with Gasteiger partial charge < -0.3 is 10.4 Å². The van der Waals surface area contributed by atoms with Crippen molar-refractivity contribution in [3.05, 3.63) is 65.2 Å². The first-order valence-corrected chi connectivity index (χ1v) is 8.40. The minimum atomic E-state index is 0.169. The molecule has 3 atom stereocenters. The molecule has 2 aromatic carbocycles. The monoisotopic (exact) mass is 310 g/mol. The third-order valence-electron chi connectivity index (χ3n) is 4.81. The molecular weight excluding hydrogens is 284 g/mol. The van der Waals surface area contributed by atoms with Crippen molar-refractivity contribution >= 4 is 0 Å². The zero-order valence-corrected chi connectivity index (χ0v) is 14.2. The highest BCUT2D eigenvalue weighted by Crippen LogP contribution is 2.34. The number of hydrogen-bond acceptors (Lipinski definition) is 3. The smallest absolute Gasteiger partial charge is 0.115 e. The Balaban J connectivity index is 2.08. The van der Waals surface area contributed by atoms with Gasteiger partial charge in [-0.3, -0.25) is 4.90 Å². The van der Waals surface area contributed by atoms with Crippen LogP contribution in [0.15, 0.2) is 48.5 Å². The van der Waals surface area contributed by atoms with E-state index in [1.807, 2.05) is 12.1 Å². The maximum absolute atomic E-state index is 9.96. The van der Waals surface area contributed by atoms with Gasteiger partial charge in [0.1, 0.15) is 5.75 Å². The van der Waals surface area contributed by atoms with E-state index in [2.05, 4.69) is 61.3 Å². The second kappa shape index (κ2) is 6.73. The minimum absolute atomic E-state index is 0.169. The van der Waals surface area contributed by atoms with Gasteiger partial charge in [0.15, 0.2) is 0 Å². The van der Waals surface area contributed by atoms with Crippen LogP contribution in [0.1, 0.15) is 36.6 Å². The Labute approximate surface area is 139 Å². The van der Waals surface area contributed by atoms with Crippen LogP contribution in [0.5, 0.6) is 5.75 Å².